The number of nitrogens with two attached hydrogens (primary N) is 1. The zero-order chi connectivity index (χ0) is 27.6. The van der Waals surface area contributed by atoms with Crippen molar-refractivity contribution in [1.29, 1.82) is 0 Å². The largest absolute Gasteiger partial charge is 0.507 e. The molecule has 2 fully saturated rings. The smallest absolute Gasteiger partial charge is 0.235 e. The number of ketones is 4. The summed E-state index contributed by atoms with van der Waals surface area (Å²) in [5.74, 6) is -10.8. The van der Waals surface area contributed by atoms with Crippen molar-refractivity contribution in [3.05, 3.63) is 27.8 Å². The summed E-state index contributed by atoms with van der Waals surface area (Å²) in [7, 11) is 3.08. The van der Waals surface area contributed by atoms with Crippen LogP contribution >= 0.6 is 11.6 Å². The number of primary amides is 1. The minimum Gasteiger partial charge on any atom is -0.507 e. The Bertz CT molecular complexity index is 1220. The molecule has 37 heavy (non-hydrogen) atoms. The van der Waals surface area contributed by atoms with Crippen LogP contribution in [0, 0.1) is 23.7 Å². The fourth-order valence-corrected chi connectivity index (χ4v) is 6.56. The first kappa shape index (κ1) is 27.4. The Morgan fingerprint density at radius 3 is 2.49 bits per heavy atom. The van der Waals surface area contributed by atoms with Gasteiger partial charge in [0, 0.05) is 23.5 Å². The van der Waals surface area contributed by atoms with Gasteiger partial charge in [0.15, 0.2) is 34.7 Å². The first-order valence-electron chi connectivity index (χ1n) is 12.4. The number of hydrogen-bond acceptors (Lipinski definition) is 9. The highest BCUT2D eigenvalue weighted by atomic mass is 35.5. The maximum Gasteiger partial charge on any atom is 0.235 e. The molecule has 0 aromatic heterocycles. The third-order valence-electron chi connectivity index (χ3n) is 8.32. The maximum absolute atomic E-state index is 13.8. The number of nitrogens with one attached hydrogen (secondary N) is 1. The van der Waals surface area contributed by atoms with Gasteiger partial charge in [0.25, 0.3) is 0 Å². The Hall–Kier alpha value is -2.66. The van der Waals surface area contributed by atoms with E-state index in [0.717, 1.165) is 6.42 Å². The zero-order valence-electron chi connectivity index (χ0n) is 21.2. The van der Waals surface area contributed by atoms with E-state index in [1.807, 2.05) is 13.8 Å². The zero-order valence-corrected chi connectivity index (χ0v) is 22.0. The second kappa shape index (κ2) is 9.58. The van der Waals surface area contributed by atoms with Crippen molar-refractivity contribution < 1.29 is 34.2 Å². The fraction of sp³-hybridized carbons (Fsp3) is 0.577. The van der Waals surface area contributed by atoms with Crippen LogP contribution in [-0.2, 0) is 32.1 Å². The highest BCUT2D eigenvalue weighted by molar-refractivity contribution is 6.34. The van der Waals surface area contributed by atoms with Crippen molar-refractivity contribution in [3.8, 4) is 5.75 Å². The van der Waals surface area contributed by atoms with Crippen LogP contribution in [0.2, 0.25) is 5.02 Å². The van der Waals surface area contributed by atoms with E-state index >= 15 is 0 Å². The average molecular weight is 534 g/mol. The molecule has 3 unspecified atom stereocenters. The predicted octanol–water partition coefficient (Wildman–Crippen LogP) is 0.409. The van der Waals surface area contributed by atoms with Gasteiger partial charge in [-0.2, -0.15) is 0 Å². The summed E-state index contributed by atoms with van der Waals surface area (Å²) in [6, 6.07) is 0.439. The van der Waals surface area contributed by atoms with Crippen LogP contribution in [0.3, 0.4) is 0 Å². The molecule has 0 heterocycles. The van der Waals surface area contributed by atoms with Crippen LogP contribution in [-0.4, -0.2) is 75.9 Å². The van der Waals surface area contributed by atoms with Gasteiger partial charge >= 0.3 is 0 Å². The third-order valence-corrected chi connectivity index (χ3v) is 8.79. The number of likely N-dealkylation sites (N-methyl/N-ethyl adjacent to an activating group) is 1. The highest BCUT2D eigenvalue weighted by Crippen LogP contribution is 2.51. The standard InChI is InChI=1S/C26H32ClN3O7/c1-5-10(2)29-9-12-8-15(31)17-13(19(12)27)6-11-7-14-20(30(3)4)22(33)18(25(28)36)24(35)26(14,37)23(34)16(11)21(17)32/h8,10-11,14,16,18,20,29,31,37H,5-7,9H2,1-4H3,(H2,28,36)/t10?,11-,14-,16?,18?,20-,26-/m0/s1. The van der Waals surface area contributed by atoms with Gasteiger partial charge in [0.1, 0.15) is 5.75 Å². The summed E-state index contributed by atoms with van der Waals surface area (Å²) in [5, 5.41) is 25.9. The molecular weight excluding hydrogens is 502 g/mol. The number of halogens is 1. The van der Waals surface area contributed by atoms with E-state index in [9.17, 15) is 34.2 Å². The van der Waals surface area contributed by atoms with Crippen molar-refractivity contribution in [2.45, 2.75) is 57.3 Å². The van der Waals surface area contributed by atoms with Crippen molar-refractivity contribution in [3.63, 3.8) is 0 Å². The number of hydrogen-bond donors (Lipinski definition) is 4. The van der Waals surface area contributed by atoms with Crippen LogP contribution in [0.25, 0.3) is 0 Å². The van der Waals surface area contributed by atoms with Gasteiger partial charge in [-0.1, -0.05) is 18.5 Å². The molecule has 3 aliphatic rings. The van der Waals surface area contributed by atoms with E-state index in [2.05, 4.69) is 5.32 Å². The number of amides is 1. The number of benzene rings is 1. The van der Waals surface area contributed by atoms with Crippen LogP contribution < -0.4 is 11.1 Å². The molecule has 1 aromatic rings. The lowest BCUT2D eigenvalue weighted by Crippen LogP contribution is -2.74. The van der Waals surface area contributed by atoms with Crippen LogP contribution in [0.1, 0.15) is 48.2 Å². The second-order valence-electron chi connectivity index (χ2n) is 10.7. The van der Waals surface area contributed by atoms with Gasteiger partial charge in [-0.3, -0.25) is 28.9 Å². The number of aliphatic hydroxyl groups is 1. The van der Waals surface area contributed by atoms with E-state index < -0.39 is 64.4 Å². The summed E-state index contributed by atoms with van der Waals surface area (Å²) >= 11 is 6.70. The minimum atomic E-state index is -2.74. The fourth-order valence-electron chi connectivity index (χ4n) is 6.26. The Balaban J connectivity index is 1.80. The number of carbonyl (C=O) groups is 5. The minimum absolute atomic E-state index is 0.0175. The van der Waals surface area contributed by atoms with Crippen molar-refractivity contribution >= 4 is 40.6 Å². The van der Waals surface area contributed by atoms with Gasteiger partial charge in [0.2, 0.25) is 5.91 Å². The molecule has 5 N–H and O–H groups in total. The normalized spacial score (nSPS) is 32.1. The Morgan fingerprint density at radius 1 is 1.27 bits per heavy atom. The quantitative estimate of drug-likeness (QED) is 0.378. The molecule has 1 amide bonds. The lowest BCUT2D eigenvalue weighted by Gasteiger charge is -2.52. The van der Waals surface area contributed by atoms with Crippen molar-refractivity contribution in [1.82, 2.24) is 10.2 Å². The third kappa shape index (κ3) is 4.01. The summed E-state index contributed by atoms with van der Waals surface area (Å²) in [5.41, 5.74) is 3.47. The number of carbonyl (C=O) groups excluding carboxylic acids is 5. The number of nitrogens with zero attached hydrogens (tertiary/aromatic N) is 1. The van der Waals surface area contributed by atoms with E-state index in [-0.39, 0.29) is 30.2 Å². The van der Waals surface area contributed by atoms with Crippen molar-refractivity contribution in [2.75, 3.05) is 14.1 Å². The molecule has 2 saturated carbocycles. The Morgan fingerprint density at radius 2 is 1.92 bits per heavy atom. The molecule has 11 heteroatoms. The topological polar surface area (TPSA) is 167 Å². The second-order valence-corrected chi connectivity index (χ2v) is 11.1. The molecule has 200 valence electrons. The average Bonchev–Trinajstić information content (AvgIpc) is 2.81. The molecule has 0 radical (unpaired) electrons. The number of Topliss-reactive ketones (excluding diaryl/α,β-unsaturated/α-hetero) is 4. The lowest BCUT2D eigenvalue weighted by atomic mass is 9.52. The number of rotatable bonds is 6. The van der Waals surface area contributed by atoms with E-state index in [4.69, 9.17) is 17.3 Å². The molecule has 0 spiro atoms. The first-order valence-corrected chi connectivity index (χ1v) is 12.8. The molecule has 0 bridgehead atoms. The molecule has 4 rings (SSSR count). The molecule has 0 aliphatic heterocycles. The molecule has 3 aliphatic carbocycles. The maximum atomic E-state index is 13.8. The van der Waals surface area contributed by atoms with Gasteiger partial charge in [0.05, 0.1) is 17.5 Å². The van der Waals surface area contributed by atoms with E-state index in [1.165, 1.54) is 11.0 Å². The Labute approximate surface area is 219 Å². The van der Waals surface area contributed by atoms with Gasteiger partial charge in [-0.15, -0.1) is 0 Å². The monoisotopic (exact) mass is 533 g/mol. The predicted molar refractivity (Wildman–Crippen MR) is 133 cm³/mol. The molecular formula is C26H32ClN3O7. The highest BCUT2D eigenvalue weighted by Gasteiger charge is 2.69. The lowest BCUT2D eigenvalue weighted by molar-refractivity contribution is -0.181. The van der Waals surface area contributed by atoms with Crippen LogP contribution in [0.5, 0.6) is 5.75 Å². The van der Waals surface area contributed by atoms with Crippen molar-refractivity contribution in [2.24, 2.45) is 29.4 Å². The van der Waals surface area contributed by atoms with Gasteiger partial charge in [-0.25, -0.2) is 0 Å². The van der Waals surface area contributed by atoms with E-state index in [1.54, 1.807) is 14.1 Å². The number of phenolic OH excluding ortho intramolecular Hbond substituents is 1. The number of phenols is 1. The molecule has 10 nitrogen and oxygen atoms in total. The summed E-state index contributed by atoms with van der Waals surface area (Å²) in [4.78, 5) is 67.3. The number of fused-ring (bicyclic) bond motifs is 3. The molecule has 7 atom stereocenters. The summed E-state index contributed by atoms with van der Waals surface area (Å²) in [6.07, 6.45) is 0.996. The van der Waals surface area contributed by atoms with Crippen LogP contribution in [0.4, 0.5) is 0 Å². The summed E-state index contributed by atoms with van der Waals surface area (Å²) < 4.78 is 0. The van der Waals surface area contributed by atoms with E-state index in [0.29, 0.717) is 22.7 Å². The Kier molecular flexibility index (Phi) is 7.09. The molecule has 1 aromatic carbocycles. The first-order chi connectivity index (χ1) is 17.3. The van der Waals surface area contributed by atoms with Gasteiger partial charge in [-0.05, 0) is 63.4 Å². The summed E-state index contributed by atoms with van der Waals surface area (Å²) in [6.45, 7) is 4.39. The SMILES string of the molecule is CCC(C)NCc1cc(O)c2c(c1Cl)C[C@H]1C[C@H]3[C@H](N(C)C)C(=O)C(C(N)=O)C(=O)[C@@]3(O)C(=O)C1C2=O. The van der Waals surface area contributed by atoms with Gasteiger partial charge < -0.3 is 21.3 Å². The molecule has 0 saturated heterocycles. The number of aromatic hydroxyl groups is 1. The van der Waals surface area contributed by atoms with Crippen LogP contribution in [0.15, 0.2) is 6.07 Å².